The zero-order valence-corrected chi connectivity index (χ0v) is 12.9. The predicted molar refractivity (Wildman–Crippen MR) is 82.1 cm³/mol. The number of methoxy groups -OCH3 is 2. The summed E-state index contributed by atoms with van der Waals surface area (Å²) in [6, 6.07) is 3.87. The summed E-state index contributed by atoms with van der Waals surface area (Å²) in [5, 5.41) is 0. The van der Waals surface area contributed by atoms with Gasteiger partial charge in [0.05, 0.1) is 38.5 Å². The van der Waals surface area contributed by atoms with Crippen molar-refractivity contribution in [2.75, 3.05) is 34.0 Å². The molecule has 0 unspecified atom stereocenters. The lowest BCUT2D eigenvalue weighted by Gasteiger charge is -2.10. The van der Waals surface area contributed by atoms with Crippen LogP contribution in [0, 0.1) is 0 Å². The van der Waals surface area contributed by atoms with Gasteiger partial charge in [-0.1, -0.05) is 6.92 Å². The van der Waals surface area contributed by atoms with Gasteiger partial charge in [0, 0.05) is 31.6 Å². The van der Waals surface area contributed by atoms with E-state index in [1.165, 1.54) is 0 Å². The molecule has 0 aliphatic rings. The monoisotopic (exact) mass is 293 g/mol. The average molecular weight is 293 g/mol. The van der Waals surface area contributed by atoms with Crippen molar-refractivity contribution in [1.82, 2.24) is 9.55 Å². The van der Waals surface area contributed by atoms with Crippen LogP contribution in [0.4, 0.5) is 0 Å². The molecule has 116 valence electrons. The molecule has 0 atom stereocenters. The van der Waals surface area contributed by atoms with Gasteiger partial charge in [-0.15, -0.1) is 0 Å². The number of hydrogen-bond acceptors (Lipinski definition) is 5. The molecule has 21 heavy (non-hydrogen) atoms. The maximum absolute atomic E-state index is 5.48. The van der Waals surface area contributed by atoms with Crippen LogP contribution in [0.15, 0.2) is 12.1 Å². The molecule has 0 aliphatic heterocycles. The van der Waals surface area contributed by atoms with Gasteiger partial charge in [-0.05, 0) is 0 Å². The zero-order chi connectivity index (χ0) is 15.2. The first-order valence-electron chi connectivity index (χ1n) is 7.14. The highest BCUT2D eigenvalue weighted by molar-refractivity contribution is 5.80. The summed E-state index contributed by atoms with van der Waals surface area (Å²) < 4.78 is 18.3. The maximum Gasteiger partial charge on any atom is 0.163 e. The number of aryl methyl sites for hydroxylation is 1. The van der Waals surface area contributed by atoms with E-state index in [-0.39, 0.29) is 0 Å². The molecule has 1 heterocycles. The molecule has 2 aromatic rings. The van der Waals surface area contributed by atoms with Crippen LogP contribution in [-0.2, 0) is 17.7 Å². The predicted octanol–water partition coefficient (Wildman–Crippen LogP) is 1.59. The second kappa shape index (κ2) is 7.28. The lowest BCUT2D eigenvalue weighted by Crippen LogP contribution is -2.13. The Morgan fingerprint density at radius 1 is 1.14 bits per heavy atom. The van der Waals surface area contributed by atoms with Gasteiger partial charge in [0.1, 0.15) is 5.82 Å². The topological polar surface area (TPSA) is 71.5 Å². The van der Waals surface area contributed by atoms with Crippen LogP contribution in [0.2, 0.25) is 0 Å². The number of benzene rings is 1. The second-order valence-electron chi connectivity index (χ2n) is 4.63. The van der Waals surface area contributed by atoms with Crippen molar-refractivity contribution in [2.24, 2.45) is 5.73 Å². The van der Waals surface area contributed by atoms with E-state index in [9.17, 15) is 0 Å². The fourth-order valence-corrected chi connectivity index (χ4v) is 2.36. The van der Waals surface area contributed by atoms with E-state index >= 15 is 0 Å². The number of rotatable bonds is 8. The van der Waals surface area contributed by atoms with Gasteiger partial charge in [0.25, 0.3) is 0 Å². The molecule has 2 rings (SSSR count). The number of imidazole rings is 1. The molecule has 1 aromatic heterocycles. The third-order valence-corrected chi connectivity index (χ3v) is 3.37. The third kappa shape index (κ3) is 3.28. The van der Waals surface area contributed by atoms with Crippen molar-refractivity contribution in [3.8, 4) is 11.5 Å². The molecular formula is C15H23N3O3. The zero-order valence-electron chi connectivity index (χ0n) is 12.9. The first kappa shape index (κ1) is 15.6. The van der Waals surface area contributed by atoms with Crippen molar-refractivity contribution >= 4 is 11.0 Å². The van der Waals surface area contributed by atoms with Crippen molar-refractivity contribution in [2.45, 2.75) is 19.9 Å². The molecule has 0 fully saturated rings. The molecule has 6 nitrogen and oxygen atoms in total. The number of hydrogen-bond donors (Lipinski definition) is 1. The standard InChI is InChI=1S/C15H23N3O3/c1-4-15-17-11-9-13(19-2)14(20-3)10-12(11)18(15)6-8-21-7-5-16/h9-10H,4-8,16H2,1-3H3. The van der Waals surface area contributed by atoms with Gasteiger partial charge in [-0.25, -0.2) is 4.98 Å². The Balaban J connectivity index is 2.37. The summed E-state index contributed by atoms with van der Waals surface area (Å²) in [5.74, 6) is 2.42. The van der Waals surface area contributed by atoms with Crippen molar-refractivity contribution in [3.63, 3.8) is 0 Å². The van der Waals surface area contributed by atoms with E-state index in [1.807, 2.05) is 12.1 Å². The van der Waals surface area contributed by atoms with Crippen molar-refractivity contribution in [1.29, 1.82) is 0 Å². The van der Waals surface area contributed by atoms with E-state index in [1.54, 1.807) is 14.2 Å². The quantitative estimate of drug-likeness (QED) is 0.748. The molecule has 0 saturated carbocycles. The Bertz CT molecular complexity index is 595. The van der Waals surface area contributed by atoms with Gasteiger partial charge in [0.15, 0.2) is 11.5 Å². The highest BCUT2D eigenvalue weighted by Crippen LogP contribution is 2.32. The smallest absolute Gasteiger partial charge is 0.163 e. The molecule has 6 heteroatoms. The van der Waals surface area contributed by atoms with Crippen LogP contribution < -0.4 is 15.2 Å². The minimum absolute atomic E-state index is 0.538. The first-order valence-corrected chi connectivity index (χ1v) is 7.14. The Kier molecular flexibility index (Phi) is 5.41. The molecule has 0 spiro atoms. The van der Waals surface area contributed by atoms with Crippen molar-refractivity contribution < 1.29 is 14.2 Å². The summed E-state index contributed by atoms with van der Waals surface area (Å²) >= 11 is 0. The van der Waals surface area contributed by atoms with Crippen LogP contribution in [0.3, 0.4) is 0 Å². The number of aromatic nitrogens is 2. The van der Waals surface area contributed by atoms with E-state index in [0.717, 1.165) is 29.8 Å². The van der Waals surface area contributed by atoms with Gasteiger partial charge >= 0.3 is 0 Å². The van der Waals surface area contributed by atoms with Crippen molar-refractivity contribution in [3.05, 3.63) is 18.0 Å². The van der Waals surface area contributed by atoms with Gasteiger partial charge in [-0.2, -0.15) is 0 Å². The summed E-state index contributed by atoms with van der Waals surface area (Å²) in [6.45, 7) is 4.56. The molecule has 1 aromatic carbocycles. The highest BCUT2D eigenvalue weighted by atomic mass is 16.5. The largest absolute Gasteiger partial charge is 0.493 e. The molecule has 2 N–H and O–H groups in total. The average Bonchev–Trinajstić information content (AvgIpc) is 2.86. The van der Waals surface area contributed by atoms with Gasteiger partial charge in [0.2, 0.25) is 0 Å². The van der Waals surface area contributed by atoms with E-state index in [2.05, 4.69) is 16.5 Å². The van der Waals surface area contributed by atoms with Gasteiger partial charge in [-0.3, -0.25) is 0 Å². The van der Waals surface area contributed by atoms with Crippen LogP contribution in [0.1, 0.15) is 12.7 Å². The fourth-order valence-electron chi connectivity index (χ4n) is 2.36. The summed E-state index contributed by atoms with van der Waals surface area (Å²) in [5.41, 5.74) is 7.36. The van der Waals surface area contributed by atoms with Crippen LogP contribution in [0.25, 0.3) is 11.0 Å². The van der Waals surface area contributed by atoms with E-state index < -0.39 is 0 Å². The minimum atomic E-state index is 0.538. The number of fused-ring (bicyclic) bond motifs is 1. The van der Waals surface area contributed by atoms with E-state index in [0.29, 0.717) is 31.3 Å². The molecule has 0 bridgehead atoms. The maximum atomic E-state index is 5.48. The molecule has 0 saturated heterocycles. The summed E-state index contributed by atoms with van der Waals surface area (Å²) in [4.78, 5) is 4.66. The summed E-state index contributed by atoms with van der Waals surface area (Å²) in [6.07, 6.45) is 0.857. The molecule has 0 amide bonds. The molecule has 0 aliphatic carbocycles. The molecule has 0 radical (unpaired) electrons. The Hall–Kier alpha value is -1.79. The minimum Gasteiger partial charge on any atom is -0.493 e. The second-order valence-corrected chi connectivity index (χ2v) is 4.63. The number of nitrogens with two attached hydrogens (primary N) is 1. The van der Waals surface area contributed by atoms with E-state index in [4.69, 9.17) is 19.9 Å². The SMILES string of the molecule is CCc1nc2cc(OC)c(OC)cc2n1CCOCCN. The first-order chi connectivity index (χ1) is 10.2. The Morgan fingerprint density at radius 3 is 2.48 bits per heavy atom. The van der Waals surface area contributed by atoms with Crippen LogP contribution in [-0.4, -0.2) is 43.5 Å². The van der Waals surface area contributed by atoms with Crippen LogP contribution in [0.5, 0.6) is 11.5 Å². The third-order valence-electron chi connectivity index (χ3n) is 3.37. The Labute approximate surface area is 124 Å². The Morgan fingerprint density at radius 2 is 1.86 bits per heavy atom. The normalized spacial score (nSPS) is 11.0. The van der Waals surface area contributed by atoms with Gasteiger partial charge < -0.3 is 24.5 Å². The molecular weight excluding hydrogens is 270 g/mol. The fraction of sp³-hybridized carbons (Fsp3) is 0.533. The lowest BCUT2D eigenvalue weighted by molar-refractivity contribution is 0.133. The number of nitrogens with zero attached hydrogens (tertiary/aromatic N) is 2. The summed E-state index contributed by atoms with van der Waals surface area (Å²) in [7, 11) is 3.26. The highest BCUT2D eigenvalue weighted by Gasteiger charge is 2.14. The lowest BCUT2D eigenvalue weighted by atomic mass is 10.2. The number of ether oxygens (including phenoxy) is 3. The van der Waals surface area contributed by atoms with Crippen LogP contribution >= 0.6 is 0 Å².